The van der Waals surface area contributed by atoms with Gasteiger partial charge in [0.15, 0.2) is 0 Å². The van der Waals surface area contributed by atoms with Gasteiger partial charge in [0.2, 0.25) is 0 Å². The van der Waals surface area contributed by atoms with Crippen LogP contribution in [-0.4, -0.2) is 50.3 Å². The largest absolute Gasteiger partial charge is 0.379 e. The first kappa shape index (κ1) is 16.9. The third-order valence-corrected chi connectivity index (χ3v) is 4.00. The smallest absolute Gasteiger partial charge is 0.0623 e. The molecule has 0 bridgehead atoms. The molecule has 2 unspecified atom stereocenters. The SMILES string of the molecule is CCCCN(CCCC)CC1COCC1NCCC. The molecule has 0 spiro atoms. The summed E-state index contributed by atoms with van der Waals surface area (Å²) in [6.07, 6.45) is 6.44. The third-order valence-electron chi connectivity index (χ3n) is 4.00. The summed E-state index contributed by atoms with van der Waals surface area (Å²) in [7, 11) is 0. The van der Waals surface area contributed by atoms with Crippen molar-refractivity contribution in [3.05, 3.63) is 0 Å². The van der Waals surface area contributed by atoms with Gasteiger partial charge in [-0.1, -0.05) is 33.6 Å². The summed E-state index contributed by atoms with van der Waals surface area (Å²) in [5.41, 5.74) is 0. The summed E-state index contributed by atoms with van der Waals surface area (Å²) in [5, 5.41) is 3.65. The molecule has 1 heterocycles. The molecular formula is C16H34N2O. The zero-order chi connectivity index (χ0) is 13.9. The molecule has 1 aliphatic heterocycles. The fraction of sp³-hybridized carbons (Fsp3) is 1.00. The van der Waals surface area contributed by atoms with Crippen molar-refractivity contribution in [1.82, 2.24) is 10.2 Å². The highest BCUT2D eigenvalue weighted by molar-refractivity contribution is 4.83. The lowest BCUT2D eigenvalue weighted by atomic mass is 10.0. The van der Waals surface area contributed by atoms with E-state index >= 15 is 0 Å². The van der Waals surface area contributed by atoms with Crippen molar-refractivity contribution in [2.45, 2.75) is 58.9 Å². The van der Waals surface area contributed by atoms with Gasteiger partial charge >= 0.3 is 0 Å². The number of hydrogen-bond acceptors (Lipinski definition) is 3. The van der Waals surface area contributed by atoms with Gasteiger partial charge in [-0.2, -0.15) is 0 Å². The number of rotatable bonds is 11. The van der Waals surface area contributed by atoms with Crippen LogP contribution in [0.25, 0.3) is 0 Å². The van der Waals surface area contributed by atoms with Crippen LogP contribution in [0.3, 0.4) is 0 Å². The lowest BCUT2D eigenvalue weighted by Crippen LogP contribution is -2.42. The Balaban J connectivity index is 2.36. The second kappa shape index (κ2) is 10.6. The van der Waals surface area contributed by atoms with Crippen LogP contribution in [0, 0.1) is 5.92 Å². The fourth-order valence-electron chi connectivity index (χ4n) is 2.72. The first-order valence-corrected chi connectivity index (χ1v) is 8.35. The Morgan fingerprint density at radius 1 is 1.00 bits per heavy atom. The second-order valence-electron chi connectivity index (χ2n) is 5.87. The molecule has 114 valence electrons. The second-order valence-corrected chi connectivity index (χ2v) is 5.87. The van der Waals surface area contributed by atoms with E-state index in [0.717, 1.165) is 19.8 Å². The zero-order valence-corrected chi connectivity index (χ0v) is 13.3. The topological polar surface area (TPSA) is 24.5 Å². The molecule has 0 radical (unpaired) electrons. The molecule has 19 heavy (non-hydrogen) atoms. The summed E-state index contributed by atoms with van der Waals surface area (Å²) in [4.78, 5) is 2.66. The number of hydrogen-bond donors (Lipinski definition) is 1. The maximum absolute atomic E-state index is 5.69. The van der Waals surface area contributed by atoms with Crippen molar-refractivity contribution >= 4 is 0 Å². The molecule has 1 fully saturated rings. The average Bonchev–Trinajstić information content (AvgIpc) is 2.86. The standard InChI is InChI=1S/C16H34N2O/c1-4-7-10-18(11-8-5-2)12-15-13-19-14-16(15)17-9-6-3/h15-17H,4-14H2,1-3H3. The first-order chi connectivity index (χ1) is 9.31. The first-order valence-electron chi connectivity index (χ1n) is 8.35. The van der Waals surface area contributed by atoms with Crippen molar-refractivity contribution in [3.63, 3.8) is 0 Å². The number of nitrogens with zero attached hydrogens (tertiary/aromatic N) is 1. The quantitative estimate of drug-likeness (QED) is 0.625. The maximum Gasteiger partial charge on any atom is 0.0623 e. The minimum Gasteiger partial charge on any atom is -0.379 e. The summed E-state index contributed by atoms with van der Waals surface area (Å²) in [6, 6.07) is 0.575. The van der Waals surface area contributed by atoms with E-state index in [2.05, 4.69) is 31.0 Å². The van der Waals surface area contributed by atoms with Crippen LogP contribution in [0.4, 0.5) is 0 Å². The van der Waals surface area contributed by atoms with E-state index in [-0.39, 0.29) is 0 Å². The van der Waals surface area contributed by atoms with Crippen LogP contribution in [0.15, 0.2) is 0 Å². The van der Waals surface area contributed by atoms with E-state index < -0.39 is 0 Å². The Morgan fingerprint density at radius 2 is 1.68 bits per heavy atom. The molecule has 0 aliphatic carbocycles. The van der Waals surface area contributed by atoms with E-state index in [0.29, 0.717) is 12.0 Å². The highest BCUT2D eigenvalue weighted by Gasteiger charge is 2.28. The van der Waals surface area contributed by atoms with Crippen molar-refractivity contribution < 1.29 is 4.74 Å². The lowest BCUT2D eigenvalue weighted by Gasteiger charge is -2.28. The van der Waals surface area contributed by atoms with Gasteiger partial charge in [0.25, 0.3) is 0 Å². The molecule has 0 aromatic rings. The van der Waals surface area contributed by atoms with E-state index in [1.54, 1.807) is 0 Å². The highest BCUT2D eigenvalue weighted by atomic mass is 16.5. The monoisotopic (exact) mass is 270 g/mol. The van der Waals surface area contributed by atoms with Crippen LogP contribution < -0.4 is 5.32 Å². The zero-order valence-electron chi connectivity index (χ0n) is 13.3. The molecule has 0 amide bonds. The van der Waals surface area contributed by atoms with Gasteiger partial charge in [-0.05, 0) is 38.9 Å². The fourth-order valence-corrected chi connectivity index (χ4v) is 2.72. The minimum absolute atomic E-state index is 0.575. The van der Waals surface area contributed by atoms with Crippen LogP contribution >= 0.6 is 0 Å². The van der Waals surface area contributed by atoms with Crippen molar-refractivity contribution in [1.29, 1.82) is 0 Å². The minimum atomic E-state index is 0.575. The van der Waals surface area contributed by atoms with E-state index in [4.69, 9.17) is 4.74 Å². The van der Waals surface area contributed by atoms with Gasteiger partial charge in [-0.3, -0.25) is 0 Å². The number of ether oxygens (including phenoxy) is 1. The molecule has 0 saturated carbocycles. The number of nitrogens with one attached hydrogen (secondary N) is 1. The molecule has 2 atom stereocenters. The van der Waals surface area contributed by atoms with Gasteiger partial charge in [-0.15, -0.1) is 0 Å². The van der Waals surface area contributed by atoms with E-state index in [1.165, 1.54) is 51.7 Å². The third kappa shape index (κ3) is 6.73. The summed E-state index contributed by atoms with van der Waals surface area (Å²) < 4.78 is 5.69. The molecule has 1 aliphatic rings. The van der Waals surface area contributed by atoms with Crippen LogP contribution in [0.1, 0.15) is 52.9 Å². The Hall–Kier alpha value is -0.120. The number of unbranched alkanes of at least 4 members (excludes halogenated alkanes) is 2. The van der Waals surface area contributed by atoms with Crippen molar-refractivity contribution in [3.8, 4) is 0 Å². The summed E-state index contributed by atoms with van der Waals surface area (Å²) in [6.45, 7) is 13.5. The van der Waals surface area contributed by atoms with Gasteiger partial charge in [-0.25, -0.2) is 0 Å². The molecular weight excluding hydrogens is 236 g/mol. The van der Waals surface area contributed by atoms with Crippen molar-refractivity contribution in [2.24, 2.45) is 5.92 Å². The van der Waals surface area contributed by atoms with E-state index in [9.17, 15) is 0 Å². The molecule has 1 saturated heterocycles. The Kier molecular flexibility index (Phi) is 9.48. The van der Waals surface area contributed by atoms with Crippen LogP contribution in [0.2, 0.25) is 0 Å². The Morgan fingerprint density at radius 3 is 2.26 bits per heavy atom. The van der Waals surface area contributed by atoms with E-state index in [1.807, 2.05) is 0 Å². The molecule has 1 N–H and O–H groups in total. The molecule has 1 rings (SSSR count). The molecule has 3 heteroatoms. The summed E-state index contributed by atoms with van der Waals surface area (Å²) >= 11 is 0. The van der Waals surface area contributed by atoms with Gasteiger partial charge in [0.1, 0.15) is 0 Å². The summed E-state index contributed by atoms with van der Waals surface area (Å²) in [5.74, 6) is 0.681. The maximum atomic E-state index is 5.69. The lowest BCUT2D eigenvalue weighted by molar-refractivity contribution is 0.165. The van der Waals surface area contributed by atoms with Gasteiger partial charge in [0.05, 0.1) is 13.2 Å². The molecule has 0 aromatic carbocycles. The highest BCUT2D eigenvalue weighted by Crippen LogP contribution is 2.16. The Labute approximate surface area is 120 Å². The average molecular weight is 270 g/mol. The predicted molar refractivity (Wildman–Crippen MR) is 82.6 cm³/mol. The predicted octanol–water partition coefficient (Wildman–Crippen LogP) is 2.90. The van der Waals surface area contributed by atoms with Crippen LogP contribution in [-0.2, 0) is 4.74 Å². The molecule has 3 nitrogen and oxygen atoms in total. The van der Waals surface area contributed by atoms with Crippen LogP contribution in [0.5, 0.6) is 0 Å². The van der Waals surface area contributed by atoms with Crippen molar-refractivity contribution in [2.75, 3.05) is 39.4 Å². The van der Waals surface area contributed by atoms with Gasteiger partial charge in [0, 0.05) is 18.5 Å². The molecule has 0 aromatic heterocycles. The van der Waals surface area contributed by atoms with Gasteiger partial charge < -0.3 is 15.0 Å². The normalized spacial score (nSPS) is 23.4. The Bertz CT molecular complexity index is 203.